The number of ether oxygens (including phenoxy) is 1. The van der Waals surface area contributed by atoms with E-state index in [2.05, 4.69) is 9.72 Å². The number of nitrogens with zero attached hydrogens (tertiary/aromatic N) is 3. The Morgan fingerprint density at radius 2 is 1.96 bits per heavy atom. The van der Waals surface area contributed by atoms with Crippen LogP contribution in [0.2, 0.25) is 0 Å². The van der Waals surface area contributed by atoms with Gasteiger partial charge < -0.3 is 14.2 Å². The molecule has 2 aromatic rings. The first-order valence-corrected chi connectivity index (χ1v) is 7.89. The van der Waals surface area contributed by atoms with Crippen LogP contribution in [0.4, 0.5) is 13.2 Å². The van der Waals surface area contributed by atoms with Crippen molar-refractivity contribution in [1.29, 1.82) is 0 Å². The molecule has 0 aliphatic rings. The van der Waals surface area contributed by atoms with Gasteiger partial charge in [-0.05, 0) is 18.6 Å². The van der Waals surface area contributed by atoms with E-state index in [-0.39, 0.29) is 19.5 Å². The van der Waals surface area contributed by atoms with Gasteiger partial charge in [0.1, 0.15) is 0 Å². The Morgan fingerprint density at radius 1 is 1.19 bits per heavy atom. The van der Waals surface area contributed by atoms with Crippen LogP contribution in [0.1, 0.15) is 23.2 Å². The molecule has 1 aromatic heterocycles. The lowest BCUT2D eigenvalue weighted by molar-refractivity contribution is -0.140. The Labute approximate surface area is 148 Å². The largest absolute Gasteiger partial charge is 0.469 e. The first-order chi connectivity index (χ1) is 12.4. The monoisotopic (exact) mass is 369 g/mol. The molecule has 0 aliphatic heterocycles. The molecule has 140 valence electrons. The molecule has 0 spiro atoms. The molecule has 1 amide bonds. The first-order valence-electron chi connectivity index (χ1n) is 7.89. The van der Waals surface area contributed by atoms with Gasteiger partial charge in [0.15, 0.2) is 17.5 Å². The molecule has 0 radical (unpaired) electrons. The minimum atomic E-state index is -1.71. The summed E-state index contributed by atoms with van der Waals surface area (Å²) in [6, 6.07) is 1.58. The average Bonchev–Trinajstić information content (AvgIpc) is 3.15. The van der Waals surface area contributed by atoms with Gasteiger partial charge in [-0.3, -0.25) is 9.59 Å². The molecule has 0 atom stereocenters. The number of benzene rings is 1. The van der Waals surface area contributed by atoms with Crippen molar-refractivity contribution in [3.8, 4) is 0 Å². The van der Waals surface area contributed by atoms with Gasteiger partial charge >= 0.3 is 5.97 Å². The van der Waals surface area contributed by atoms with Gasteiger partial charge in [0, 0.05) is 32.0 Å². The van der Waals surface area contributed by atoms with Crippen LogP contribution in [-0.4, -0.2) is 46.5 Å². The zero-order valence-corrected chi connectivity index (χ0v) is 14.1. The molecule has 0 N–H and O–H groups in total. The van der Waals surface area contributed by atoms with Crippen molar-refractivity contribution in [3.63, 3.8) is 0 Å². The molecule has 1 aromatic carbocycles. The molecule has 0 saturated heterocycles. The van der Waals surface area contributed by atoms with Crippen LogP contribution in [0.15, 0.2) is 30.9 Å². The lowest BCUT2D eigenvalue weighted by atomic mass is 10.1. The summed E-state index contributed by atoms with van der Waals surface area (Å²) >= 11 is 0. The summed E-state index contributed by atoms with van der Waals surface area (Å²) in [5.74, 6) is -5.99. The minimum absolute atomic E-state index is 0.0339. The maximum Gasteiger partial charge on any atom is 0.307 e. The summed E-state index contributed by atoms with van der Waals surface area (Å²) in [5, 5.41) is 0. The molecule has 0 aliphatic carbocycles. The average molecular weight is 369 g/mol. The number of halogens is 3. The van der Waals surface area contributed by atoms with Gasteiger partial charge in [-0.25, -0.2) is 18.2 Å². The fraction of sp³-hybridized carbons (Fsp3) is 0.353. The third-order valence-electron chi connectivity index (χ3n) is 3.77. The third-order valence-corrected chi connectivity index (χ3v) is 3.77. The molecule has 26 heavy (non-hydrogen) atoms. The van der Waals surface area contributed by atoms with Gasteiger partial charge in [0.25, 0.3) is 5.91 Å². The number of aromatic nitrogens is 2. The van der Waals surface area contributed by atoms with Gasteiger partial charge in [0.05, 0.1) is 25.4 Å². The zero-order chi connectivity index (χ0) is 19.1. The van der Waals surface area contributed by atoms with E-state index in [9.17, 15) is 22.8 Å². The molecule has 0 unspecified atom stereocenters. The van der Waals surface area contributed by atoms with Crippen LogP contribution in [0, 0.1) is 17.5 Å². The normalized spacial score (nSPS) is 10.6. The summed E-state index contributed by atoms with van der Waals surface area (Å²) in [6.45, 7) is 0.697. The number of hydrogen-bond donors (Lipinski definition) is 0. The second-order valence-corrected chi connectivity index (χ2v) is 5.50. The quantitative estimate of drug-likeness (QED) is 0.529. The lowest BCUT2D eigenvalue weighted by Crippen LogP contribution is -2.35. The van der Waals surface area contributed by atoms with E-state index in [1.165, 1.54) is 12.0 Å². The maximum absolute atomic E-state index is 13.9. The highest BCUT2D eigenvalue weighted by Gasteiger charge is 2.23. The number of imidazole rings is 1. The van der Waals surface area contributed by atoms with Crippen molar-refractivity contribution in [2.75, 3.05) is 20.2 Å². The Hall–Kier alpha value is -2.84. The van der Waals surface area contributed by atoms with Crippen molar-refractivity contribution in [1.82, 2.24) is 14.5 Å². The van der Waals surface area contributed by atoms with E-state index in [1.54, 1.807) is 23.3 Å². The van der Waals surface area contributed by atoms with Crippen LogP contribution in [0.3, 0.4) is 0 Å². The number of amides is 1. The van der Waals surface area contributed by atoms with Crippen molar-refractivity contribution in [3.05, 3.63) is 53.9 Å². The van der Waals surface area contributed by atoms with Crippen molar-refractivity contribution < 1.29 is 27.5 Å². The number of aryl methyl sites for hydroxylation is 1. The molecule has 0 saturated carbocycles. The number of carbonyl (C=O) groups excluding carboxylic acids is 2. The molecule has 1 heterocycles. The first kappa shape index (κ1) is 19.5. The molecule has 9 heteroatoms. The fourth-order valence-electron chi connectivity index (χ4n) is 2.37. The highest BCUT2D eigenvalue weighted by atomic mass is 19.2. The topological polar surface area (TPSA) is 64.4 Å². The summed E-state index contributed by atoms with van der Waals surface area (Å²) in [7, 11) is 1.21. The van der Waals surface area contributed by atoms with Gasteiger partial charge in [0.2, 0.25) is 0 Å². The predicted molar refractivity (Wildman–Crippen MR) is 85.7 cm³/mol. The van der Waals surface area contributed by atoms with Gasteiger partial charge in [-0.15, -0.1) is 0 Å². The molecule has 6 nitrogen and oxygen atoms in total. The van der Waals surface area contributed by atoms with Crippen LogP contribution < -0.4 is 0 Å². The summed E-state index contributed by atoms with van der Waals surface area (Å²) in [6.07, 6.45) is 5.36. The van der Waals surface area contributed by atoms with E-state index in [0.29, 0.717) is 19.0 Å². The third kappa shape index (κ3) is 4.84. The smallest absolute Gasteiger partial charge is 0.307 e. The number of rotatable bonds is 8. The Morgan fingerprint density at radius 3 is 2.62 bits per heavy atom. The van der Waals surface area contributed by atoms with Crippen molar-refractivity contribution in [2.24, 2.45) is 0 Å². The van der Waals surface area contributed by atoms with Gasteiger partial charge in [-0.2, -0.15) is 0 Å². The Balaban J connectivity index is 2.11. The minimum Gasteiger partial charge on any atom is -0.469 e. The predicted octanol–water partition coefficient (Wildman–Crippen LogP) is 2.40. The van der Waals surface area contributed by atoms with Crippen LogP contribution >= 0.6 is 0 Å². The summed E-state index contributed by atoms with van der Waals surface area (Å²) in [4.78, 5) is 29.0. The molecular weight excluding hydrogens is 351 g/mol. The maximum atomic E-state index is 13.9. The zero-order valence-electron chi connectivity index (χ0n) is 14.1. The number of hydrogen-bond acceptors (Lipinski definition) is 4. The molecule has 0 fully saturated rings. The Bertz CT molecular complexity index is 766. The molecular formula is C17H18F3N3O3. The van der Waals surface area contributed by atoms with Gasteiger partial charge in [-0.1, -0.05) is 0 Å². The molecule has 2 rings (SSSR count). The van der Waals surface area contributed by atoms with Crippen LogP contribution in [-0.2, 0) is 16.1 Å². The second-order valence-electron chi connectivity index (χ2n) is 5.50. The van der Waals surface area contributed by atoms with E-state index in [1.807, 2.05) is 0 Å². The van der Waals surface area contributed by atoms with Crippen LogP contribution in [0.25, 0.3) is 0 Å². The van der Waals surface area contributed by atoms with Crippen molar-refractivity contribution >= 4 is 11.9 Å². The second kappa shape index (κ2) is 9.02. The van der Waals surface area contributed by atoms with E-state index in [4.69, 9.17) is 0 Å². The van der Waals surface area contributed by atoms with E-state index >= 15 is 0 Å². The van der Waals surface area contributed by atoms with E-state index in [0.717, 1.165) is 6.07 Å². The van der Waals surface area contributed by atoms with E-state index < -0.39 is 34.9 Å². The highest BCUT2D eigenvalue weighted by Crippen LogP contribution is 2.17. The number of carbonyl (C=O) groups is 2. The van der Waals surface area contributed by atoms with Crippen molar-refractivity contribution in [2.45, 2.75) is 19.4 Å². The highest BCUT2D eigenvalue weighted by molar-refractivity contribution is 5.94. The Kier molecular flexibility index (Phi) is 6.76. The number of methoxy groups -OCH3 is 1. The van der Waals surface area contributed by atoms with Crippen LogP contribution in [0.5, 0.6) is 0 Å². The summed E-state index contributed by atoms with van der Waals surface area (Å²) < 4.78 is 46.7. The summed E-state index contributed by atoms with van der Waals surface area (Å²) in [5.41, 5.74) is -0.587. The standard InChI is InChI=1S/C17H18F3N3O3/c1-26-14(24)5-9-23(8-2-7-22-10-6-21-11-22)17(25)12-3-4-13(18)16(20)15(12)19/h3-4,6,10-11H,2,5,7-9H2,1H3. The SMILES string of the molecule is COC(=O)CCN(CCCn1ccnc1)C(=O)c1ccc(F)c(F)c1F. The lowest BCUT2D eigenvalue weighted by Gasteiger charge is -2.23. The molecule has 0 bridgehead atoms. The number of esters is 1. The fourth-order valence-corrected chi connectivity index (χ4v) is 2.37.